The first-order chi connectivity index (χ1) is 20.2. The lowest BCUT2D eigenvalue weighted by molar-refractivity contribution is -0.137. The van der Waals surface area contributed by atoms with Crippen LogP contribution in [0.1, 0.15) is 32.6 Å². The van der Waals surface area contributed by atoms with E-state index in [0.29, 0.717) is 39.6 Å². The first-order valence-electron chi connectivity index (χ1n) is 12.5. The topological polar surface area (TPSA) is 78.4 Å². The molecular weight excluding hydrogens is 617 g/mol. The number of rotatable bonds is 11. The highest BCUT2D eigenvalue weighted by atomic mass is 79.9. The van der Waals surface area contributed by atoms with Crippen LogP contribution in [0.5, 0.6) is 23.0 Å². The number of carbonyl (C=O) groups is 1. The van der Waals surface area contributed by atoms with Crippen LogP contribution in [0.15, 0.2) is 94.5 Å². The third kappa shape index (κ3) is 7.82. The molecule has 0 aliphatic rings. The largest absolute Gasteiger partial charge is 0.493 e. The van der Waals surface area contributed by atoms with Crippen molar-refractivity contribution in [1.29, 1.82) is 0 Å². The molecule has 4 aromatic carbocycles. The Morgan fingerprint density at radius 2 is 1.52 bits per heavy atom. The van der Waals surface area contributed by atoms with Crippen molar-refractivity contribution in [3.05, 3.63) is 117 Å². The van der Waals surface area contributed by atoms with Gasteiger partial charge in [0.1, 0.15) is 13.2 Å². The maximum atomic E-state index is 13.2. The molecule has 0 fully saturated rings. The van der Waals surface area contributed by atoms with Crippen LogP contribution in [-0.4, -0.2) is 26.3 Å². The van der Waals surface area contributed by atoms with E-state index < -0.39 is 23.2 Å². The van der Waals surface area contributed by atoms with Crippen molar-refractivity contribution in [1.82, 2.24) is 5.43 Å². The molecular formula is C31H26BrF3N2O5. The molecule has 1 amide bonds. The van der Waals surface area contributed by atoms with Gasteiger partial charge in [-0.25, -0.2) is 5.43 Å². The zero-order valence-corrected chi connectivity index (χ0v) is 24.2. The minimum absolute atomic E-state index is 0.187. The molecule has 0 spiro atoms. The summed E-state index contributed by atoms with van der Waals surface area (Å²) in [4.78, 5) is 12.3. The summed E-state index contributed by atoms with van der Waals surface area (Å²) in [6, 6.07) is 23.0. The number of nitrogens with one attached hydrogen (secondary N) is 1. The number of hydrogen-bond acceptors (Lipinski definition) is 6. The summed E-state index contributed by atoms with van der Waals surface area (Å²) in [6.45, 7) is 0.587. The van der Waals surface area contributed by atoms with E-state index in [1.807, 2.05) is 48.5 Å². The molecule has 0 saturated heterocycles. The fourth-order valence-electron chi connectivity index (χ4n) is 3.92. The number of methoxy groups -OCH3 is 2. The summed E-state index contributed by atoms with van der Waals surface area (Å²) in [6.07, 6.45) is -3.39. The van der Waals surface area contributed by atoms with Gasteiger partial charge < -0.3 is 18.9 Å². The molecule has 0 radical (unpaired) electrons. The number of hydrazone groups is 1. The van der Waals surface area contributed by atoms with Gasteiger partial charge in [0, 0.05) is 0 Å². The third-order valence-corrected chi connectivity index (χ3v) is 6.55. The standard InChI is InChI=1S/C31H26BrF3N2O5/c1-39-27-15-21(12-13-26(27)41-18-20-8-4-3-5-9-20)19-42-29-25(32)14-22(16-28(29)40-2)17-36-37-30(38)23-10-6-7-11-24(23)31(33,34)35/h3-17H,18-19H2,1-2H3,(H,37,38)/b36-17+. The van der Waals surface area contributed by atoms with E-state index >= 15 is 0 Å². The fourth-order valence-corrected chi connectivity index (χ4v) is 4.49. The van der Waals surface area contributed by atoms with Gasteiger partial charge in [-0.05, 0) is 69.0 Å². The van der Waals surface area contributed by atoms with Crippen LogP contribution in [0.2, 0.25) is 0 Å². The van der Waals surface area contributed by atoms with Crippen molar-refractivity contribution >= 4 is 28.1 Å². The van der Waals surface area contributed by atoms with Crippen LogP contribution in [0.3, 0.4) is 0 Å². The number of benzene rings is 4. The predicted molar refractivity (Wildman–Crippen MR) is 155 cm³/mol. The van der Waals surface area contributed by atoms with E-state index in [1.165, 1.54) is 25.5 Å². The first kappa shape index (κ1) is 30.4. The quantitative estimate of drug-likeness (QED) is 0.136. The molecule has 0 saturated carbocycles. The van der Waals surface area contributed by atoms with Crippen molar-refractivity contribution in [2.45, 2.75) is 19.4 Å². The number of halogens is 4. The molecule has 1 N–H and O–H groups in total. The molecule has 0 bridgehead atoms. The van der Waals surface area contributed by atoms with Crippen LogP contribution in [0.4, 0.5) is 13.2 Å². The second kappa shape index (κ2) is 13.9. The van der Waals surface area contributed by atoms with Crippen molar-refractivity contribution in [2.75, 3.05) is 14.2 Å². The Labute approximate surface area is 249 Å². The summed E-state index contributed by atoms with van der Waals surface area (Å²) >= 11 is 3.46. The van der Waals surface area contributed by atoms with Gasteiger partial charge in [-0.15, -0.1) is 0 Å². The molecule has 4 rings (SSSR count). The third-order valence-electron chi connectivity index (χ3n) is 5.96. The van der Waals surface area contributed by atoms with Gasteiger partial charge in [-0.2, -0.15) is 18.3 Å². The molecule has 218 valence electrons. The summed E-state index contributed by atoms with van der Waals surface area (Å²) in [5.41, 5.74) is 2.91. The SMILES string of the molecule is COc1cc(COc2c(Br)cc(/C=N/NC(=O)c3ccccc3C(F)(F)F)cc2OC)ccc1OCc1ccccc1. The van der Waals surface area contributed by atoms with E-state index in [9.17, 15) is 18.0 Å². The lowest BCUT2D eigenvalue weighted by Gasteiger charge is -2.15. The average molecular weight is 643 g/mol. The molecule has 42 heavy (non-hydrogen) atoms. The van der Waals surface area contributed by atoms with E-state index in [0.717, 1.165) is 23.3 Å². The highest BCUT2D eigenvalue weighted by molar-refractivity contribution is 9.10. The van der Waals surface area contributed by atoms with Crippen LogP contribution < -0.4 is 24.4 Å². The Balaban J connectivity index is 1.41. The van der Waals surface area contributed by atoms with Gasteiger partial charge in [0.05, 0.1) is 36.0 Å². The van der Waals surface area contributed by atoms with Crippen molar-refractivity contribution in [3.8, 4) is 23.0 Å². The van der Waals surface area contributed by atoms with Crippen LogP contribution in [0.25, 0.3) is 0 Å². The van der Waals surface area contributed by atoms with Crippen molar-refractivity contribution in [2.24, 2.45) is 5.10 Å². The van der Waals surface area contributed by atoms with E-state index in [2.05, 4.69) is 26.5 Å². The van der Waals surface area contributed by atoms with E-state index in [1.54, 1.807) is 19.2 Å². The Bertz CT molecular complexity index is 1560. The highest BCUT2D eigenvalue weighted by Crippen LogP contribution is 2.37. The molecule has 0 aromatic heterocycles. The van der Waals surface area contributed by atoms with Crippen molar-refractivity contribution < 1.29 is 36.9 Å². The van der Waals surface area contributed by atoms with E-state index in [-0.39, 0.29) is 6.61 Å². The number of ether oxygens (including phenoxy) is 4. The van der Waals surface area contributed by atoms with Crippen LogP contribution in [-0.2, 0) is 19.4 Å². The lowest BCUT2D eigenvalue weighted by atomic mass is 10.1. The molecule has 0 heterocycles. The Morgan fingerprint density at radius 3 is 2.24 bits per heavy atom. The molecule has 11 heteroatoms. The molecule has 7 nitrogen and oxygen atoms in total. The molecule has 0 aliphatic carbocycles. The van der Waals surface area contributed by atoms with E-state index in [4.69, 9.17) is 18.9 Å². The zero-order chi connectivity index (χ0) is 30.1. The zero-order valence-electron chi connectivity index (χ0n) is 22.6. The fraction of sp³-hybridized carbons (Fsp3) is 0.161. The van der Waals surface area contributed by atoms with Crippen LogP contribution in [0, 0.1) is 0 Å². The second-order valence-electron chi connectivity index (χ2n) is 8.82. The summed E-state index contributed by atoms with van der Waals surface area (Å²) in [7, 11) is 3.03. The Kier molecular flexibility index (Phi) is 10.1. The number of carbonyl (C=O) groups excluding carboxylic acids is 1. The maximum Gasteiger partial charge on any atom is 0.417 e. The minimum Gasteiger partial charge on any atom is -0.493 e. The summed E-state index contributed by atoms with van der Waals surface area (Å²) in [5.74, 6) is 0.957. The summed E-state index contributed by atoms with van der Waals surface area (Å²) in [5, 5.41) is 3.81. The smallest absolute Gasteiger partial charge is 0.417 e. The first-order valence-corrected chi connectivity index (χ1v) is 13.3. The second-order valence-corrected chi connectivity index (χ2v) is 9.68. The summed E-state index contributed by atoms with van der Waals surface area (Å²) < 4.78 is 63.1. The lowest BCUT2D eigenvalue weighted by Crippen LogP contribution is -2.22. The van der Waals surface area contributed by atoms with Gasteiger partial charge >= 0.3 is 6.18 Å². The molecule has 0 atom stereocenters. The van der Waals surface area contributed by atoms with Crippen LogP contribution >= 0.6 is 15.9 Å². The predicted octanol–water partition coefficient (Wildman–Crippen LogP) is 7.41. The highest BCUT2D eigenvalue weighted by Gasteiger charge is 2.34. The number of nitrogens with zero attached hydrogens (tertiary/aromatic N) is 1. The Hall–Kier alpha value is -4.51. The van der Waals surface area contributed by atoms with Gasteiger partial charge in [0.25, 0.3) is 5.91 Å². The molecule has 4 aromatic rings. The molecule has 0 aliphatic heterocycles. The normalized spacial score (nSPS) is 11.3. The Morgan fingerprint density at radius 1 is 0.833 bits per heavy atom. The van der Waals surface area contributed by atoms with Gasteiger partial charge in [-0.3, -0.25) is 4.79 Å². The monoisotopic (exact) mass is 642 g/mol. The minimum atomic E-state index is -4.67. The van der Waals surface area contributed by atoms with Gasteiger partial charge in [0.15, 0.2) is 23.0 Å². The van der Waals surface area contributed by atoms with Gasteiger partial charge in [0.2, 0.25) is 0 Å². The van der Waals surface area contributed by atoms with Crippen molar-refractivity contribution in [3.63, 3.8) is 0 Å². The maximum absolute atomic E-state index is 13.2. The average Bonchev–Trinajstić information content (AvgIpc) is 2.99. The number of amides is 1. The number of hydrogen-bond donors (Lipinski definition) is 1. The van der Waals surface area contributed by atoms with Gasteiger partial charge in [-0.1, -0.05) is 48.5 Å². The number of alkyl halides is 3. The molecule has 0 unspecified atom stereocenters.